The van der Waals surface area contributed by atoms with Crippen molar-refractivity contribution in [3.63, 3.8) is 0 Å². The Morgan fingerprint density at radius 1 is 1.06 bits per heavy atom. The highest BCUT2D eigenvalue weighted by molar-refractivity contribution is 5.85. The molecule has 2 fully saturated rings. The maximum Gasteiger partial charge on any atom is 0.417 e. The van der Waals surface area contributed by atoms with E-state index in [-0.39, 0.29) is 24.3 Å². The van der Waals surface area contributed by atoms with Crippen LogP contribution in [0.1, 0.15) is 62.3 Å². The van der Waals surface area contributed by atoms with Crippen LogP contribution in [0.15, 0.2) is 18.3 Å². The van der Waals surface area contributed by atoms with Crippen LogP contribution in [0.25, 0.3) is 5.65 Å². The lowest BCUT2D eigenvalue weighted by molar-refractivity contribution is -0.141. The molecule has 0 aromatic carbocycles. The van der Waals surface area contributed by atoms with Gasteiger partial charge in [-0.3, -0.25) is 14.0 Å². The van der Waals surface area contributed by atoms with Gasteiger partial charge in [-0.15, -0.1) is 10.2 Å². The second-order valence-electron chi connectivity index (χ2n) is 8.36. The van der Waals surface area contributed by atoms with Gasteiger partial charge in [-0.25, -0.2) is 0 Å². The number of halogens is 3. The number of carbonyl (C=O) groups excluding carboxylic acids is 2. The van der Waals surface area contributed by atoms with Gasteiger partial charge < -0.3 is 9.80 Å². The van der Waals surface area contributed by atoms with Crippen molar-refractivity contribution in [3.05, 3.63) is 29.7 Å². The van der Waals surface area contributed by atoms with Crippen molar-refractivity contribution in [2.45, 2.75) is 57.0 Å². The third-order valence-electron chi connectivity index (χ3n) is 6.14. The van der Waals surface area contributed by atoms with Crippen molar-refractivity contribution in [1.82, 2.24) is 24.4 Å². The van der Waals surface area contributed by atoms with Gasteiger partial charge in [0.2, 0.25) is 11.8 Å². The molecule has 2 aliphatic rings. The maximum atomic E-state index is 13.1. The van der Waals surface area contributed by atoms with Crippen molar-refractivity contribution in [3.8, 4) is 0 Å². The van der Waals surface area contributed by atoms with E-state index in [1.807, 2.05) is 0 Å². The monoisotopic (exact) mass is 437 g/mol. The van der Waals surface area contributed by atoms with E-state index in [9.17, 15) is 22.8 Å². The zero-order valence-corrected chi connectivity index (χ0v) is 17.3. The quantitative estimate of drug-likeness (QED) is 0.739. The molecule has 2 aliphatic heterocycles. The van der Waals surface area contributed by atoms with Gasteiger partial charge in [0.25, 0.3) is 0 Å². The SMILES string of the molecule is O=C1CCCCCCN1CC(=O)N1CCCC(c2nnc3ccc(C(F)(F)F)cn23)C1. The summed E-state index contributed by atoms with van der Waals surface area (Å²) in [6, 6.07) is 2.30. The Morgan fingerprint density at radius 2 is 1.87 bits per heavy atom. The van der Waals surface area contributed by atoms with Crippen LogP contribution in [0.3, 0.4) is 0 Å². The van der Waals surface area contributed by atoms with E-state index in [0.717, 1.165) is 44.4 Å². The van der Waals surface area contributed by atoms with Crippen molar-refractivity contribution in [2.75, 3.05) is 26.2 Å². The predicted octanol–water partition coefficient (Wildman–Crippen LogP) is 3.25. The fraction of sp³-hybridized carbons (Fsp3) is 0.619. The first kappa shape index (κ1) is 21.6. The number of likely N-dealkylation sites (tertiary alicyclic amines) is 2. The number of carbonyl (C=O) groups is 2. The highest BCUT2D eigenvalue weighted by Gasteiger charge is 2.33. The molecule has 31 heavy (non-hydrogen) atoms. The minimum atomic E-state index is -4.46. The Balaban J connectivity index is 1.48. The van der Waals surface area contributed by atoms with Crippen molar-refractivity contribution >= 4 is 17.5 Å². The van der Waals surface area contributed by atoms with Gasteiger partial charge in [-0.2, -0.15) is 13.2 Å². The van der Waals surface area contributed by atoms with Crippen LogP contribution in [0.4, 0.5) is 13.2 Å². The van der Waals surface area contributed by atoms with E-state index in [1.165, 1.54) is 10.5 Å². The second kappa shape index (κ2) is 8.84. The largest absolute Gasteiger partial charge is 0.417 e. The molecule has 0 bridgehead atoms. The molecule has 2 aromatic heterocycles. The van der Waals surface area contributed by atoms with Crippen LogP contribution in [0.2, 0.25) is 0 Å². The average Bonchev–Trinajstić information content (AvgIpc) is 3.16. The average molecular weight is 437 g/mol. The summed E-state index contributed by atoms with van der Waals surface area (Å²) in [5, 5.41) is 8.13. The van der Waals surface area contributed by atoms with E-state index < -0.39 is 11.7 Å². The molecule has 7 nitrogen and oxygen atoms in total. The van der Waals surface area contributed by atoms with Crippen molar-refractivity contribution in [2.24, 2.45) is 0 Å². The van der Waals surface area contributed by atoms with Gasteiger partial charge in [0.05, 0.1) is 12.1 Å². The Kier molecular flexibility index (Phi) is 6.15. The van der Waals surface area contributed by atoms with Crippen LogP contribution in [-0.4, -0.2) is 62.4 Å². The van der Waals surface area contributed by atoms with E-state index in [4.69, 9.17) is 0 Å². The molecule has 2 aromatic rings. The van der Waals surface area contributed by atoms with Crippen LogP contribution in [-0.2, 0) is 15.8 Å². The molecule has 0 radical (unpaired) electrons. The highest BCUT2D eigenvalue weighted by Crippen LogP contribution is 2.31. The molecule has 168 valence electrons. The summed E-state index contributed by atoms with van der Waals surface area (Å²) in [6.45, 7) is 1.58. The number of pyridine rings is 1. The number of nitrogens with zero attached hydrogens (tertiary/aromatic N) is 5. The summed E-state index contributed by atoms with van der Waals surface area (Å²) in [6.07, 6.45) is 2.33. The topological polar surface area (TPSA) is 70.8 Å². The summed E-state index contributed by atoms with van der Waals surface area (Å²) in [4.78, 5) is 28.6. The molecular formula is C21H26F3N5O2. The van der Waals surface area contributed by atoms with Crippen LogP contribution in [0.5, 0.6) is 0 Å². The molecule has 4 heterocycles. The highest BCUT2D eigenvalue weighted by atomic mass is 19.4. The van der Waals surface area contributed by atoms with Gasteiger partial charge in [0.15, 0.2) is 5.65 Å². The lowest BCUT2D eigenvalue weighted by atomic mass is 9.97. The number of alkyl halides is 3. The lowest BCUT2D eigenvalue weighted by Gasteiger charge is -2.34. The molecule has 2 amide bonds. The van der Waals surface area contributed by atoms with Crippen molar-refractivity contribution in [1.29, 1.82) is 0 Å². The van der Waals surface area contributed by atoms with Crippen LogP contribution >= 0.6 is 0 Å². The van der Waals surface area contributed by atoms with E-state index in [1.54, 1.807) is 9.80 Å². The van der Waals surface area contributed by atoms with E-state index in [0.29, 0.717) is 43.9 Å². The van der Waals surface area contributed by atoms with E-state index >= 15 is 0 Å². The summed E-state index contributed by atoms with van der Waals surface area (Å²) in [5.41, 5.74) is -0.418. The third-order valence-corrected chi connectivity index (χ3v) is 6.14. The number of aromatic nitrogens is 3. The van der Waals surface area contributed by atoms with E-state index in [2.05, 4.69) is 10.2 Å². The number of amides is 2. The van der Waals surface area contributed by atoms with Crippen LogP contribution in [0, 0.1) is 0 Å². The van der Waals surface area contributed by atoms with Crippen molar-refractivity contribution < 1.29 is 22.8 Å². The van der Waals surface area contributed by atoms with Gasteiger partial charge in [0.1, 0.15) is 5.82 Å². The molecular weight excluding hydrogens is 411 g/mol. The van der Waals surface area contributed by atoms with Crippen LogP contribution < -0.4 is 0 Å². The fourth-order valence-corrected chi connectivity index (χ4v) is 4.41. The Labute approximate surface area is 178 Å². The number of hydrogen-bond donors (Lipinski definition) is 0. The van der Waals surface area contributed by atoms with Gasteiger partial charge in [0, 0.05) is 38.2 Å². The predicted molar refractivity (Wildman–Crippen MR) is 106 cm³/mol. The summed E-state index contributed by atoms with van der Waals surface area (Å²) in [7, 11) is 0. The standard InChI is InChI=1S/C21H26F3N5O2/c22-21(23,24)16-8-9-17-25-26-20(29(17)13-16)15-6-5-11-27(12-15)19(31)14-28-10-4-2-1-3-7-18(28)30/h8-9,13,15H,1-7,10-12,14H2. The zero-order valence-electron chi connectivity index (χ0n) is 17.3. The van der Waals surface area contributed by atoms with Gasteiger partial charge in [-0.1, -0.05) is 12.8 Å². The summed E-state index contributed by atoms with van der Waals surface area (Å²) in [5.74, 6) is 0.119. The maximum absolute atomic E-state index is 13.1. The minimum absolute atomic E-state index is 0.0183. The second-order valence-corrected chi connectivity index (χ2v) is 8.36. The third kappa shape index (κ3) is 4.83. The zero-order chi connectivity index (χ0) is 22.0. The molecule has 4 rings (SSSR count). The molecule has 0 saturated carbocycles. The number of hydrogen-bond acceptors (Lipinski definition) is 4. The molecule has 0 spiro atoms. The molecule has 0 N–H and O–H groups in total. The molecule has 10 heteroatoms. The fourth-order valence-electron chi connectivity index (χ4n) is 4.41. The minimum Gasteiger partial charge on any atom is -0.340 e. The van der Waals surface area contributed by atoms with Gasteiger partial charge in [-0.05, 0) is 37.8 Å². The summed E-state index contributed by atoms with van der Waals surface area (Å²) >= 11 is 0. The first-order valence-electron chi connectivity index (χ1n) is 10.8. The molecule has 0 aliphatic carbocycles. The number of fused-ring (bicyclic) bond motifs is 1. The Bertz CT molecular complexity index is 958. The Hall–Kier alpha value is -2.65. The molecule has 2 saturated heterocycles. The number of piperidine rings is 1. The molecule has 1 unspecified atom stereocenters. The first-order chi connectivity index (χ1) is 14.8. The first-order valence-corrected chi connectivity index (χ1v) is 10.8. The normalized spacial score (nSPS) is 21.3. The molecule has 1 atom stereocenters. The summed E-state index contributed by atoms with van der Waals surface area (Å²) < 4.78 is 40.8. The Morgan fingerprint density at radius 3 is 2.68 bits per heavy atom. The lowest BCUT2D eigenvalue weighted by Crippen LogP contribution is -2.46. The smallest absolute Gasteiger partial charge is 0.340 e. The van der Waals surface area contributed by atoms with Gasteiger partial charge >= 0.3 is 6.18 Å². The number of rotatable bonds is 3.